The molecule has 0 aliphatic rings. The van der Waals surface area contributed by atoms with E-state index in [1.54, 1.807) is 40.0 Å². The summed E-state index contributed by atoms with van der Waals surface area (Å²) in [5.74, 6) is 1.04. The summed E-state index contributed by atoms with van der Waals surface area (Å²) in [6.07, 6.45) is 2.50. The first-order chi connectivity index (χ1) is 18.4. The zero-order chi connectivity index (χ0) is 26.6. The second kappa shape index (κ2) is 11.1. The Balaban J connectivity index is 1.60. The molecule has 1 amide bonds. The summed E-state index contributed by atoms with van der Waals surface area (Å²) in [6.45, 7) is 4.14. The fraction of sp³-hybridized carbons (Fsp3) is 0.194. The van der Waals surface area contributed by atoms with E-state index in [0.29, 0.717) is 46.0 Å². The van der Waals surface area contributed by atoms with E-state index in [2.05, 4.69) is 0 Å². The SMILES string of the molecule is Cc1ccc(-n2c(C(C)N(Cc3ccco3)C(=O)CCc3ccccc3)nc3cc(Cl)ccc3c2=O)cc1. The molecule has 7 heteroatoms. The lowest BCUT2D eigenvalue weighted by Crippen LogP contribution is -2.37. The molecule has 2 aromatic heterocycles. The minimum Gasteiger partial charge on any atom is -0.467 e. The Hall–Kier alpha value is -4.16. The number of benzene rings is 3. The van der Waals surface area contributed by atoms with Gasteiger partial charge in [0, 0.05) is 11.4 Å². The van der Waals surface area contributed by atoms with Crippen molar-refractivity contribution < 1.29 is 9.21 Å². The molecule has 0 bridgehead atoms. The first-order valence-electron chi connectivity index (χ1n) is 12.6. The van der Waals surface area contributed by atoms with Crippen molar-refractivity contribution >= 4 is 28.4 Å². The van der Waals surface area contributed by atoms with E-state index in [1.165, 1.54) is 0 Å². The summed E-state index contributed by atoms with van der Waals surface area (Å²) in [7, 11) is 0. The number of fused-ring (bicyclic) bond motifs is 1. The van der Waals surface area contributed by atoms with Crippen molar-refractivity contribution in [3.05, 3.63) is 129 Å². The highest BCUT2D eigenvalue weighted by Gasteiger charge is 2.27. The molecule has 0 saturated heterocycles. The number of rotatable bonds is 8. The maximum absolute atomic E-state index is 13.8. The molecule has 0 spiro atoms. The van der Waals surface area contributed by atoms with Crippen molar-refractivity contribution in [2.75, 3.05) is 0 Å². The predicted molar refractivity (Wildman–Crippen MR) is 150 cm³/mol. The van der Waals surface area contributed by atoms with Gasteiger partial charge in [-0.1, -0.05) is 59.6 Å². The van der Waals surface area contributed by atoms with Gasteiger partial charge in [0.15, 0.2) is 0 Å². The topological polar surface area (TPSA) is 68.3 Å². The van der Waals surface area contributed by atoms with E-state index in [4.69, 9.17) is 21.0 Å². The Labute approximate surface area is 226 Å². The Kier molecular flexibility index (Phi) is 7.43. The molecule has 5 rings (SSSR count). The number of aryl methyl sites for hydroxylation is 2. The van der Waals surface area contributed by atoms with Gasteiger partial charge in [0.2, 0.25) is 5.91 Å². The molecular weight excluding hydrogens is 498 g/mol. The summed E-state index contributed by atoms with van der Waals surface area (Å²) < 4.78 is 7.20. The molecule has 38 heavy (non-hydrogen) atoms. The molecule has 5 aromatic rings. The molecule has 0 fully saturated rings. The van der Waals surface area contributed by atoms with Gasteiger partial charge in [-0.2, -0.15) is 0 Å². The predicted octanol–water partition coefficient (Wildman–Crippen LogP) is 6.66. The molecule has 3 aromatic carbocycles. The Morgan fingerprint density at radius 2 is 1.79 bits per heavy atom. The highest BCUT2D eigenvalue weighted by Crippen LogP contribution is 2.27. The maximum atomic E-state index is 13.8. The highest BCUT2D eigenvalue weighted by molar-refractivity contribution is 6.31. The molecule has 0 radical (unpaired) electrons. The molecule has 1 unspecified atom stereocenters. The van der Waals surface area contributed by atoms with Crippen molar-refractivity contribution in [3.8, 4) is 5.69 Å². The van der Waals surface area contributed by atoms with Gasteiger partial charge in [-0.3, -0.25) is 14.2 Å². The van der Waals surface area contributed by atoms with Crippen molar-refractivity contribution in [3.63, 3.8) is 0 Å². The second-order valence-corrected chi connectivity index (χ2v) is 9.81. The average molecular weight is 526 g/mol. The van der Waals surface area contributed by atoms with Crippen molar-refractivity contribution in [1.29, 1.82) is 0 Å². The van der Waals surface area contributed by atoms with E-state index in [0.717, 1.165) is 11.1 Å². The van der Waals surface area contributed by atoms with Gasteiger partial charge in [0.1, 0.15) is 11.6 Å². The molecule has 0 aliphatic carbocycles. The molecular formula is C31H28ClN3O3. The zero-order valence-corrected chi connectivity index (χ0v) is 22.1. The molecule has 6 nitrogen and oxygen atoms in total. The van der Waals surface area contributed by atoms with Gasteiger partial charge in [0.05, 0.1) is 35.4 Å². The van der Waals surface area contributed by atoms with Crippen LogP contribution in [0.4, 0.5) is 0 Å². The Morgan fingerprint density at radius 1 is 1.03 bits per heavy atom. The highest BCUT2D eigenvalue weighted by atomic mass is 35.5. The number of nitrogens with zero attached hydrogens (tertiary/aromatic N) is 3. The minimum absolute atomic E-state index is 0.0614. The van der Waals surface area contributed by atoms with E-state index >= 15 is 0 Å². The van der Waals surface area contributed by atoms with Gasteiger partial charge in [0.25, 0.3) is 5.56 Å². The smallest absolute Gasteiger partial charge is 0.266 e. The normalized spacial score (nSPS) is 12.0. The second-order valence-electron chi connectivity index (χ2n) is 9.37. The van der Waals surface area contributed by atoms with Crippen molar-refractivity contribution in [2.24, 2.45) is 0 Å². The van der Waals surface area contributed by atoms with E-state index < -0.39 is 6.04 Å². The minimum atomic E-state index is -0.541. The number of hydrogen-bond donors (Lipinski definition) is 0. The monoisotopic (exact) mass is 525 g/mol. The van der Waals surface area contributed by atoms with Crippen LogP contribution >= 0.6 is 11.6 Å². The quantitative estimate of drug-likeness (QED) is 0.227. The number of hydrogen-bond acceptors (Lipinski definition) is 4. The number of furan rings is 1. The molecule has 0 saturated carbocycles. The van der Waals surface area contributed by atoms with Crippen LogP contribution in [0.2, 0.25) is 5.02 Å². The summed E-state index contributed by atoms with van der Waals surface area (Å²) in [6, 6.07) is 25.8. The number of carbonyl (C=O) groups excluding carboxylic acids is 1. The van der Waals surface area contributed by atoms with Gasteiger partial charge >= 0.3 is 0 Å². The first-order valence-corrected chi connectivity index (χ1v) is 12.9. The van der Waals surface area contributed by atoms with Gasteiger partial charge in [-0.05, 0) is 68.3 Å². The summed E-state index contributed by atoms with van der Waals surface area (Å²) >= 11 is 6.26. The Morgan fingerprint density at radius 3 is 2.50 bits per heavy atom. The number of amides is 1. The van der Waals surface area contributed by atoms with Crippen LogP contribution in [0.3, 0.4) is 0 Å². The maximum Gasteiger partial charge on any atom is 0.266 e. The first kappa shape index (κ1) is 25.5. The van der Waals surface area contributed by atoms with Gasteiger partial charge in [-0.15, -0.1) is 0 Å². The number of carbonyl (C=O) groups is 1. The van der Waals surface area contributed by atoms with Crippen LogP contribution in [-0.2, 0) is 17.8 Å². The standard InChI is InChI=1S/C31H28ClN3O3/c1-21-10-14-25(15-11-21)35-30(33-28-19-24(32)13-16-27(28)31(35)37)22(2)34(20-26-9-6-18-38-26)29(36)17-12-23-7-4-3-5-8-23/h3-11,13-16,18-19,22H,12,17,20H2,1-2H3. The van der Waals surface area contributed by atoms with Crippen molar-refractivity contribution in [2.45, 2.75) is 39.3 Å². The number of aromatic nitrogens is 2. The third-order valence-electron chi connectivity index (χ3n) is 6.69. The van der Waals surface area contributed by atoms with E-state index in [-0.39, 0.29) is 18.0 Å². The van der Waals surface area contributed by atoms with Crippen LogP contribution in [0.15, 0.2) is 100 Å². The van der Waals surface area contributed by atoms with Crippen LogP contribution in [0, 0.1) is 6.92 Å². The lowest BCUT2D eigenvalue weighted by molar-refractivity contribution is -0.134. The molecule has 0 aliphatic heterocycles. The fourth-order valence-corrected chi connectivity index (χ4v) is 4.76. The lowest BCUT2D eigenvalue weighted by Gasteiger charge is -2.30. The van der Waals surface area contributed by atoms with Crippen LogP contribution in [0.25, 0.3) is 16.6 Å². The summed E-state index contributed by atoms with van der Waals surface area (Å²) in [4.78, 5) is 34.2. The van der Waals surface area contributed by atoms with Crippen molar-refractivity contribution in [1.82, 2.24) is 14.5 Å². The van der Waals surface area contributed by atoms with Crippen LogP contribution in [-0.4, -0.2) is 20.4 Å². The van der Waals surface area contributed by atoms with E-state index in [9.17, 15) is 9.59 Å². The lowest BCUT2D eigenvalue weighted by atomic mass is 10.1. The zero-order valence-electron chi connectivity index (χ0n) is 21.3. The summed E-state index contributed by atoms with van der Waals surface area (Å²) in [5.41, 5.74) is 3.12. The van der Waals surface area contributed by atoms with Crippen LogP contribution in [0.5, 0.6) is 0 Å². The van der Waals surface area contributed by atoms with Gasteiger partial charge < -0.3 is 9.32 Å². The molecule has 192 valence electrons. The molecule has 1 atom stereocenters. The van der Waals surface area contributed by atoms with Crippen LogP contribution in [0.1, 0.15) is 42.1 Å². The fourth-order valence-electron chi connectivity index (χ4n) is 4.59. The molecule has 2 heterocycles. The number of halogens is 1. The molecule has 0 N–H and O–H groups in total. The summed E-state index contributed by atoms with van der Waals surface area (Å²) in [5, 5.41) is 0.946. The third-order valence-corrected chi connectivity index (χ3v) is 6.92. The largest absolute Gasteiger partial charge is 0.467 e. The van der Waals surface area contributed by atoms with Gasteiger partial charge in [-0.25, -0.2) is 4.98 Å². The average Bonchev–Trinajstić information content (AvgIpc) is 3.44. The Bertz CT molecular complexity index is 1610. The van der Waals surface area contributed by atoms with Crippen LogP contribution < -0.4 is 5.56 Å². The van der Waals surface area contributed by atoms with E-state index in [1.807, 2.05) is 74.5 Å². The third kappa shape index (κ3) is 5.41.